The fraction of sp³-hybridized carbons (Fsp3) is 0.833. The van der Waals surface area contributed by atoms with Gasteiger partial charge in [-0.25, -0.2) is 0 Å². The summed E-state index contributed by atoms with van der Waals surface area (Å²) in [7, 11) is 3.54. The van der Waals surface area contributed by atoms with E-state index in [-0.39, 0.29) is 11.9 Å². The first-order valence-electron chi connectivity index (χ1n) is 6.00. The van der Waals surface area contributed by atoms with Crippen molar-refractivity contribution in [1.29, 1.82) is 0 Å². The molecule has 1 unspecified atom stereocenters. The Hall–Kier alpha value is -0.900. The van der Waals surface area contributed by atoms with Crippen LogP contribution in [-0.2, 0) is 9.59 Å². The molecule has 1 atom stereocenters. The van der Waals surface area contributed by atoms with Crippen LogP contribution >= 0.6 is 0 Å². The highest BCUT2D eigenvalue weighted by atomic mass is 16.2. The Kier molecular flexibility index (Phi) is 4.93. The molecule has 1 saturated carbocycles. The lowest BCUT2D eigenvalue weighted by atomic mass is 10.2. The first kappa shape index (κ1) is 13.2. The van der Waals surface area contributed by atoms with Crippen LogP contribution in [0.2, 0.25) is 0 Å². The first-order chi connectivity index (χ1) is 7.54. The molecule has 0 spiro atoms. The predicted molar refractivity (Wildman–Crippen MR) is 63.2 cm³/mol. The van der Waals surface area contributed by atoms with Gasteiger partial charge in [0.1, 0.15) is 5.78 Å². The van der Waals surface area contributed by atoms with E-state index in [2.05, 4.69) is 11.8 Å². The zero-order valence-corrected chi connectivity index (χ0v) is 10.5. The van der Waals surface area contributed by atoms with E-state index in [1.54, 1.807) is 19.0 Å². The van der Waals surface area contributed by atoms with Crippen molar-refractivity contribution in [2.45, 2.75) is 38.6 Å². The van der Waals surface area contributed by atoms with Gasteiger partial charge in [0, 0.05) is 33.0 Å². The lowest BCUT2D eigenvalue weighted by molar-refractivity contribution is -0.130. The summed E-state index contributed by atoms with van der Waals surface area (Å²) >= 11 is 0. The molecule has 1 fully saturated rings. The molecule has 0 heterocycles. The van der Waals surface area contributed by atoms with Crippen molar-refractivity contribution < 1.29 is 9.59 Å². The van der Waals surface area contributed by atoms with Crippen LogP contribution in [0.4, 0.5) is 0 Å². The van der Waals surface area contributed by atoms with E-state index in [0.29, 0.717) is 25.2 Å². The van der Waals surface area contributed by atoms with Crippen LogP contribution in [0, 0.1) is 0 Å². The average Bonchev–Trinajstić information content (AvgIpc) is 2.64. The SMILES string of the molecule is CCCN(CC(=O)N(C)C)C1CCC(=O)C1. The highest BCUT2D eigenvalue weighted by Crippen LogP contribution is 2.20. The van der Waals surface area contributed by atoms with Gasteiger partial charge in [-0.2, -0.15) is 0 Å². The summed E-state index contributed by atoms with van der Waals surface area (Å²) < 4.78 is 0. The number of rotatable bonds is 5. The Morgan fingerprint density at radius 3 is 2.56 bits per heavy atom. The second-order valence-corrected chi connectivity index (χ2v) is 4.69. The van der Waals surface area contributed by atoms with E-state index in [1.165, 1.54) is 0 Å². The average molecular weight is 226 g/mol. The van der Waals surface area contributed by atoms with E-state index in [0.717, 1.165) is 19.4 Å². The minimum Gasteiger partial charge on any atom is -0.348 e. The summed E-state index contributed by atoms with van der Waals surface area (Å²) in [6.07, 6.45) is 3.24. The van der Waals surface area contributed by atoms with Crippen LogP contribution in [0.15, 0.2) is 0 Å². The van der Waals surface area contributed by atoms with Crippen LogP contribution < -0.4 is 0 Å². The molecular weight excluding hydrogens is 204 g/mol. The van der Waals surface area contributed by atoms with Gasteiger partial charge < -0.3 is 4.90 Å². The maximum absolute atomic E-state index is 11.7. The molecule has 0 aromatic carbocycles. The number of amides is 1. The normalized spacial score (nSPS) is 20.5. The van der Waals surface area contributed by atoms with Gasteiger partial charge in [-0.15, -0.1) is 0 Å². The maximum Gasteiger partial charge on any atom is 0.236 e. The minimum absolute atomic E-state index is 0.118. The second-order valence-electron chi connectivity index (χ2n) is 4.69. The Bertz CT molecular complexity index is 264. The molecule has 0 N–H and O–H groups in total. The van der Waals surface area contributed by atoms with Crippen LogP contribution in [0.3, 0.4) is 0 Å². The van der Waals surface area contributed by atoms with Gasteiger partial charge in [0.25, 0.3) is 0 Å². The number of Topliss-reactive ketones (excluding diaryl/α,β-unsaturated/α-hetero) is 1. The summed E-state index contributed by atoms with van der Waals surface area (Å²) in [5, 5.41) is 0. The predicted octanol–water partition coefficient (Wildman–Crippen LogP) is 0.908. The number of hydrogen-bond donors (Lipinski definition) is 0. The molecule has 0 aromatic heterocycles. The summed E-state index contributed by atoms with van der Waals surface area (Å²) in [4.78, 5) is 26.7. The second kappa shape index (κ2) is 5.99. The Morgan fingerprint density at radius 2 is 2.12 bits per heavy atom. The van der Waals surface area contributed by atoms with Gasteiger partial charge in [-0.05, 0) is 19.4 Å². The zero-order valence-electron chi connectivity index (χ0n) is 10.5. The monoisotopic (exact) mass is 226 g/mol. The van der Waals surface area contributed by atoms with E-state index in [4.69, 9.17) is 0 Å². The minimum atomic E-state index is 0.118. The molecule has 92 valence electrons. The fourth-order valence-corrected chi connectivity index (χ4v) is 2.10. The fourth-order valence-electron chi connectivity index (χ4n) is 2.10. The number of hydrogen-bond acceptors (Lipinski definition) is 3. The van der Waals surface area contributed by atoms with Crippen LogP contribution in [0.5, 0.6) is 0 Å². The molecule has 4 heteroatoms. The number of carbonyl (C=O) groups excluding carboxylic acids is 2. The molecule has 0 bridgehead atoms. The van der Waals surface area contributed by atoms with Crippen molar-refractivity contribution in [3.8, 4) is 0 Å². The first-order valence-corrected chi connectivity index (χ1v) is 6.00. The molecule has 1 aliphatic carbocycles. The molecule has 0 radical (unpaired) electrons. The van der Waals surface area contributed by atoms with E-state index >= 15 is 0 Å². The van der Waals surface area contributed by atoms with Gasteiger partial charge in [0.2, 0.25) is 5.91 Å². The third kappa shape index (κ3) is 3.59. The van der Waals surface area contributed by atoms with Crippen molar-refractivity contribution in [2.24, 2.45) is 0 Å². The van der Waals surface area contributed by atoms with Gasteiger partial charge >= 0.3 is 0 Å². The quantitative estimate of drug-likeness (QED) is 0.699. The van der Waals surface area contributed by atoms with E-state index < -0.39 is 0 Å². The van der Waals surface area contributed by atoms with Crippen LogP contribution in [0.25, 0.3) is 0 Å². The standard InChI is InChI=1S/C12H22N2O2/c1-4-7-14(9-12(16)13(2)3)10-5-6-11(15)8-10/h10H,4-9H2,1-3H3. The van der Waals surface area contributed by atoms with Crippen molar-refractivity contribution in [3.63, 3.8) is 0 Å². The lowest BCUT2D eigenvalue weighted by Crippen LogP contribution is -2.42. The number of ketones is 1. The van der Waals surface area contributed by atoms with E-state index in [9.17, 15) is 9.59 Å². The third-order valence-electron chi connectivity index (χ3n) is 3.08. The molecule has 4 nitrogen and oxygen atoms in total. The van der Waals surface area contributed by atoms with Crippen LogP contribution in [0.1, 0.15) is 32.6 Å². The molecular formula is C12H22N2O2. The van der Waals surface area contributed by atoms with Gasteiger partial charge in [0.15, 0.2) is 0 Å². The van der Waals surface area contributed by atoms with Gasteiger partial charge in [-0.1, -0.05) is 6.92 Å². The molecule has 0 aromatic rings. The van der Waals surface area contributed by atoms with Crippen molar-refractivity contribution in [2.75, 3.05) is 27.2 Å². The summed E-state index contributed by atoms with van der Waals surface area (Å²) in [5.41, 5.74) is 0. The Labute approximate surface area is 97.6 Å². The van der Waals surface area contributed by atoms with Crippen molar-refractivity contribution >= 4 is 11.7 Å². The third-order valence-corrected chi connectivity index (χ3v) is 3.08. The number of carbonyl (C=O) groups is 2. The summed E-state index contributed by atoms with van der Waals surface area (Å²) in [5.74, 6) is 0.455. The lowest BCUT2D eigenvalue weighted by Gasteiger charge is -2.28. The largest absolute Gasteiger partial charge is 0.348 e. The molecule has 1 aliphatic rings. The van der Waals surface area contributed by atoms with Gasteiger partial charge in [-0.3, -0.25) is 14.5 Å². The smallest absolute Gasteiger partial charge is 0.236 e. The zero-order chi connectivity index (χ0) is 12.1. The van der Waals surface area contributed by atoms with Crippen molar-refractivity contribution in [3.05, 3.63) is 0 Å². The number of nitrogens with zero attached hydrogens (tertiary/aromatic N) is 2. The van der Waals surface area contributed by atoms with Gasteiger partial charge in [0.05, 0.1) is 6.54 Å². The Morgan fingerprint density at radius 1 is 1.44 bits per heavy atom. The highest BCUT2D eigenvalue weighted by Gasteiger charge is 2.28. The summed E-state index contributed by atoms with van der Waals surface area (Å²) in [6.45, 7) is 3.44. The maximum atomic E-state index is 11.7. The molecule has 0 aliphatic heterocycles. The van der Waals surface area contributed by atoms with Crippen LogP contribution in [-0.4, -0.2) is 54.7 Å². The van der Waals surface area contributed by atoms with Crippen molar-refractivity contribution in [1.82, 2.24) is 9.80 Å². The highest BCUT2D eigenvalue weighted by molar-refractivity contribution is 5.81. The molecule has 0 saturated heterocycles. The molecule has 1 rings (SSSR count). The molecule has 16 heavy (non-hydrogen) atoms. The molecule has 1 amide bonds. The topological polar surface area (TPSA) is 40.6 Å². The number of likely N-dealkylation sites (N-methyl/N-ethyl adjacent to an activating group) is 1. The Balaban J connectivity index is 2.53. The summed E-state index contributed by atoms with van der Waals surface area (Å²) in [6, 6.07) is 0.288. The van der Waals surface area contributed by atoms with E-state index in [1.807, 2.05) is 0 Å².